The zero-order chi connectivity index (χ0) is 38.3. The van der Waals surface area contributed by atoms with Crippen molar-refractivity contribution in [2.45, 2.75) is 56.4 Å². The van der Waals surface area contributed by atoms with Crippen LogP contribution in [0.1, 0.15) is 86.1 Å². The summed E-state index contributed by atoms with van der Waals surface area (Å²) in [6, 6.07) is 30.9. The molecule has 3 fully saturated rings. The van der Waals surface area contributed by atoms with Gasteiger partial charge in [-0.1, -0.05) is 67.2 Å². The molecule has 56 heavy (non-hydrogen) atoms. The fraction of sp³-hybridized carbons (Fsp3) is 0.383. The fourth-order valence-electron chi connectivity index (χ4n) is 9.94. The zero-order valence-corrected chi connectivity index (χ0v) is 32.0. The number of likely N-dealkylation sites (tertiary alicyclic amines) is 1. The summed E-state index contributed by atoms with van der Waals surface area (Å²) in [7, 11) is 0. The molecule has 4 heterocycles. The Bertz CT molecular complexity index is 2140. The van der Waals surface area contributed by atoms with Gasteiger partial charge in [0.1, 0.15) is 11.8 Å². The SMILES string of the molecule is C=C1CCC(N2C(=O)c3ccc(N4CCN(CC5CN(CCCc6ccc([C@@H]7c8ccc(O)cc8CC[C@@H]7c7ccccc7)cc6)C5)CC4)cc3C2=O)C(=O)N1. The Kier molecular flexibility index (Phi) is 9.98. The summed E-state index contributed by atoms with van der Waals surface area (Å²) in [4.78, 5) is 47.7. The van der Waals surface area contributed by atoms with Gasteiger partial charge in [0.2, 0.25) is 5.91 Å². The van der Waals surface area contributed by atoms with Crippen molar-refractivity contribution in [2.75, 3.05) is 57.3 Å². The van der Waals surface area contributed by atoms with E-state index >= 15 is 0 Å². The number of amides is 3. The molecule has 0 bridgehead atoms. The van der Waals surface area contributed by atoms with Crippen LogP contribution in [0.25, 0.3) is 0 Å². The largest absolute Gasteiger partial charge is 0.508 e. The number of phenols is 1. The average Bonchev–Trinajstić information content (AvgIpc) is 3.45. The van der Waals surface area contributed by atoms with Crippen LogP contribution in [0, 0.1) is 5.92 Å². The number of allylic oxidation sites excluding steroid dienone is 1. The van der Waals surface area contributed by atoms with Crippen molar-refractivity contribution < 1.29 is 19.5 Å². The number of nitrogens with one attached hydrogen (secondary N) is 1. The second-order valence-corrected chi connectivity index (χ2v) is 16.5. The van der Waals surface area contributed by atoms with E-state index in [-0.39, 0.29) is 23.6 Å². The lowest BCUT2D eigenvalue weighted by molar-refractivity contribution is -0.125. The molecular formula is C47H51N5O4. The molecule has 0 saturated carbocycles. The number of imide groups is 1. The van der Waals surface area contributed by atoms with E-state index in [0.717, 1.165) is 88.6 Å². The molecule has 0 spiro atoms. The second kappa shape index (κ2) is 15.4. The maximum atomic E-state index is 13.4. The molecule has 3 amide bonds. The number of fused-ring (bicyclic) bond motifs is 2. The first-order valence-electron chi connectivity index (χ1n) is 20.4. The first kappa shape index (κ1) is 36.4. The number of hydrogen-bond donors (Lipinski definition) is 2. The number of piperidine rings is 1. The Morgan fingerprint density at radius 1 is 0.750 bits per heavy atom. The predicted octanol–water partition coefficient (Wildman–Crippen LogP) is 6.33. The minimum Gasteiger partial charge on any atom is -0.508 e. The monoisotopic (exact) mass is 749 g/mol. The summed E-state index contributed by atoms with van der Waals surface area (Å²) in [5.74, 6) is 0.630. The van der Waals surface area contributed by atoms with Crippen molar-refractivity contribution in [2.24, 2.45) is 5.92 Å². The van der Waals surface area contributed by atoms with Gasteiger partial charge in [-0.2, -0.15) is 0 Å². The first-order valence-corrected chi connectivity index (χ1v) is 20.4. The van der Waals surface area contributed by atoms with Crippen molar-refractivity contribution in [1.29, 1.82) is 0 Å². The van der Waals surface area contributed by atoms with Crippen molar-refractivity contribution in [3.05, 3.63) is 142 Å². The number of benzene rings is 4. The van der Waals surface area contributed by atoms with E-state index in [1.807, 2.05) is 24.3 Å². The molecule has 4 aromatic rings. The van der Waals surface area contributed by atoms with Crippen LogP contribution in [0.2, 0.25) is 0 Å². The summed E-state index contributed by atoms with van der Waals surface area (Å²) < 4.78 is 0. The number of rotatable bonds is 10. The van der Waals surface area contributed by atoms with Crippen molar-refractivity contribution in [1.82, 2.24) is 20.0 Å². The highest BCUT2D eigenvalue weighted by Crippen LogP contribution is 2.47. The molecule has 2 N–H and O–H groups in total. The normalized spacial score (nSPS) is 23.2. The minimum atomic E-state index is -0.793. The highest BCUT2D eigenvalue weighted by atomic mass is 16.3. The van der Waals surface area contributed by atoms with Crippen LogP contribution in [0.4, 0.5) is 5.69 Å². The number of anilines is 1. The number of phenolic OH excluding ortho intramolecular Hbond substituents is 1. The highest BCUT2D eigenvalue weighted by molar-refractivity contribution is 6.23. The molecule has 4 aliphatic heterocycles. The van der Waals surface area contributed by atoms with Gasteiger partial charge < -0.3 is 20.2 Å². The number of hydrogen-bond acceptors (Lipinski definition) is 7. The van der Waals surface area contributed by atoms with Crippen molar-refractivity contribution in [3.63, 3.8) is 0 Å². The van der Waals surface area contributed by atoms with E-state index in [1.165, 1.54) is 27.8 Å². The second-order valence-electron chi connectivity index (χ2n) is 16.5. The number of piperazine rings is 1. The van der Waals surface area contributed by atoms with Gasteiger partial charge in [0.15, 0.2) is 0 Å². The van der Waals surface area contributed by atoms with Crippen LogP contribution < -0.4 is 10.2 Å². The molecule has 9 rings (SSSR count). The maximum absolute atomic E-state index is 13.4. The smallest absolute Gasteiger partial charge is 0.262 e. The Morgan fingerprint density at radius 2 is 1.52 bits per heavy atom. The summed E-state index contributed by atoms with van der Waals surface area (Å²) >= 11 is 0. The molecular weight excluding hydrogens is 699 g/mol. The van der Waals surface area contributed by atoms with Crippen LogP contribution >= 0.6 is 0 Å². The lowest BCUT2D eigenvalue weighted by Gasteiger charge is -2.44. The standard InChI is InChI=1S/C47H51N5O4/c1-31-9-20-43(45(54)48-31)52-46(55)41-18-15-37(27-42(41)47(52)56)51-24-22-49(23-25-51)28-33-29-50(30-33)21-5-6-32-10-12-35(13-11-32)44-39(34-7-3-2-4-8-34)17-14-36-26-38(53)16-19-40(36)44/h2-4,7-8,10-13,15-16,18-19,26-27,33,39,43-44,53H,1,5-6,9,14,17,20-25,28-30H2,(H,48,54)/t39-,43?,44+/m1/s1. The number of nitrogens with zero attached hydrogens (tertiary/aromatic N) is 4. The van der Waals surface area contributed by atoms with Gasteiger partial charge in [-0.05, 0) is 115 Å². The third-order valence-corrected chi connectivity index (χ3v) is 12.9. The summed E-state index contributed by atoms with van der Waals surface area (Å²) in [5, 5.41) is 12.9. The molecule has 9 heteroatoms. The van der Waals surface area contributed by atoms with E-state index in [1.54, 1.807) is 6.07 Å². The van der Waals surface area contributed by atoms with Crippen LogP contribution in [0.3, 0.4) is 0 Å². The van der Waals surface area contributed by atoms with E-state index < -0.39 is 6.04 Å². The topological polar surface area (TPSA) is 96.4 Å². The molecule has 3 atom stereocenters. The summed E-state index contributed by atoms with van der Waals surface area (Å²) in [6.07, 6.45) is 5.24. The van der Waals surface area contributed by atoms with E-state index in [2.05, 4.69) is 87.3 Å². The van der Waals surface area contributed by atoms with Gasteiger partial charge in [-0.25, -0.2) is 0 Å². The summed E-state index contributed by atoms with van der Waals surface area (Å²) in [5.41, 5.74) is 9.08. The number of aromatic hydroxyl groups is 1. The van der Waals surface area contributed by atoms with Gasteiger partial charge in [0.25, 0.3) is 11.8 Å². The third-order valence-electron chi connectivity index (χ3n) is 12.9. The van der Waals surface area contributed by atoms with E-state index in [4.69, 9.17) is 0 Å². The Morgan fingerprint density at radius 3 is 2.29 bits per heavy atom. The average molecular weight is 750 g/mol. The van der Waals surface area contributed by atoms with Gasteiger partial charge in [-0.3, -0.25) is 24.2 Å². The molecule has 5 aliphatic rings. The van der Waals surface area contributed by atoms with E-state index in [0.29, 0.717) is 47.3 Å². The summed E-state index contributed by atoms with van der Waals surface area (Å²) in [6.45, 7) is 12.0. The fourth-order valence-corrected chi connectivity index (χ4v) is 9.94. The maximum Gasteiger partial charge on any atom is 0.262 e. The van der Waals surface area contributed by atoms with Crippen molar-refractivity contribution >= 4 is 23.4 Å². The predicted molar refractivity (Wildman–Crippen MR) is 218 cm³/mol. The molecule has 0 aromatic heterocycles. The van der Waals surface area contributed by atoms with Gasteiger partial charge in [-0.15, -0.1) is 0 Å². The lowest BCUT2D eigenvalue weighted by Crippen LogP contribution is -2.55. The van der Waals surface area contributed by atoms with Crippen molar-refractivity contribution in [3.8, 4) is 5.75 Å². The number of aryl methyl sites for hydroxylation is 2. The highest BCUT2D eigenvalue weighted by Gasteiger charge is 2.44. The molecule has 4 aromatic carbocycles. The molecule has 288 valence electrons. The number of carbonyl (C=O) groups is 3. The molecule has 9 nitrogen and oxygen atoms in total. The van der Waals surface area contributed by atoms with Crippen LogP contribution in [-0.4, -0.2) is 95.9 Å². The van der Waals surface area contributed by atoms with Gasteiger partial charge in [0.05, 0.1) is 11.1 Å². The molecule has 1 unspecified atom stereocenters. The van der Waals surface area contributed by atoms with Crippen LogP contribution in [-0.2, 0) is 17.6 Å². The Labute approximate surface area is 329 Å². The number of carbonyl (C=O) groups excluding carboxylic acids is 3. The van der Waals surface area contributed by atoms with Gasteiger partial charge in [0, 0.05) is 63.1 Å². The molecule has 3 saturated heterocycles. The van der Waals surface area contributed by atoms with Crippen LogP contribution in [0.15, 0.2) is 103 Å². The molecule has 1 aliphatic carbocycles. The minimum absolute atomic E-state index is 0.278. The third kappa shape index (κ3) is 7.14. The molecule has 0 radical (unpaired) electrons. The van der Waals surface area contributed by atoms with Crippen LogP contribution in [0.5, 0.6) is 5.75 Å². The van der Waals surface area contributed by atoms with E-state index in [9.17, 15) is 19.5 Å². The Hall–Kier alpha value is -5.25. The Balaban J connectivity index is 0.726. The van der Waals surface area contributed by atoms with Gasteiger partial charge >= 0.3 is 0 Å². The first-order chi connectivity index (χ1) is 27.3. The lowest BCUT2D eigenvalue weighted by atomic mass is 9.69. The zero-order valence-electron chi connectivity index (χ0n) is 32.0. The quantitative estimate of drug-likeness (QED) is 0.183.